The van der Waals surface area contributed by atoms with Crippen LogP contribution in [0.25, 0.3) is 5.69 Å². The monoisotopic (exact) mass is 482 g/mol. The predicted molar refractivity (Wildman–Crippen MR) is 126 cm³/mol. The second-order valence-corrected chi connectivity index (χ2v) is 8.18. The minimum Gasteiger partial charge on any atom is -0.298 e. The second-order valence-electron chi connectivity index (χ2n) is 6.88. The molecule has 4 rings (SSSR count). The zero-order valence-electron chi connectivity index (χ0n) is 16.9. The van der Waals surface area contributed by atoms with Crippen molar-refractivity contribution in [2.24, 2.45) is 0 Å². The number of carbonyl (C=O) groups is 2. The molecule has 0 bridgehead atoms. The van der Waals surface area contributed by atoms with Crippen LogP contribution >= 0.6 is 22.9 Å². The van der Waals surface area contributed by atoms with Gasteiger partial charge in [0.05, 0.1) is 17.8 Å². The highest BCUT2D eigenvalue weighted by Crippen LogP contribution is 2.21. The number of rotatable bonds is 6. The Kier molecular flexibility index (Phi) is 6.62. The lowest BCUT2D eigenvalue weighted by Crippen LogP contribution is -2.24. The number of benzene rings is 2. The Labute approximate surface area is 196 Å². The molecule has 166 valence electrons. The van der Waals surface area contributed by atoms with E-state index >= 15 is 0 Å². The average molecular weight is 483 g/mol. The van der Waals surface area contributed by atoms with Crippen molar-refractivity contribution in [1.29, 1.82) is 0 Å². The van der Waals surface area contributed by atoms with Crippen LogP contribution in [0.1, 0.15) is 16.1 Å². The van der Waals surface area contributed by atoms with Crippen molar-refractivity contribution in [3.05, 3.63) is 105 Å². The van der Waals surface area contributed by atoms with Crippen molar-refractivity contribution >= 4 is 45.6 Å². The maximum atomic E-state index is 14.6. The molecule has 10 heteroatoms. The first kappa shape index (κ1) is 22.4. The molecule has 0 unspecified atom stereocenters. The van der Waals surface area contributed by atoms with E-state index in [0.717, 1.165) is 11.3 Å². The second kappa shape index (κ2) is 9.76. The molecular weight excluding hydrogens is 467 g/mol. The van der Waals surface area contributed by atoms with Gasteiger partial charge in [-0.2, -0.15) is 0 Å². The van der Waals surface area contributed by atoms with Crippen LogP contribution in [0.5, 0.6) is 0 Å². The molecule has 0 atom stereocenters. The lowest BCUT2D eigenvalue weighted by Gasteiger charge is -2.12. The van der Waals surface area contributed by atoms with Crippen molar-refractivity contribution in [3.63, 3.8) is 0 Å². The van der Waals surface area contributed by atoms with E-state index in [4.69, 9.17) is 11.6 Å². The summed E-state index contributed by atoms with van der Waals surface area (Å²) < 4.78 is 16.0. The molecule has 0 fully saturated rings. The number of hydrogen-bond donors (Lipinski definition) is 1. The third-order valence-corrected chi connectivity index (χ3v) is 5.67. The van der Waals surface area contributed by atoms with E-state index < -0.39 is 5.91 Å². The molecule has 4 aromatic rings. The van der Waals surface area contributed by atoms with Gasteiger partial charge < -0.3 is 0 Å². The van der Waals surface area contributed by atoms with Crippen molar-refractivity contribution < 1.29 is 14.1 Å². The lowest BCUT2D eigenvalue weighted by molar-refractivity contribution is -0.120. The smallest absolute Gasteiger partial charge is 0.261 e. The zero-order chi connectivity index (χ0) is 23.4. The van der Waals surface area contributed by atoms with Gasteiger partial charge in [-0.1, -0.05) is 22.1 Å². The lowest BCUT2D eigenvalue weighted by atomic mass is 10.2. The molecule has 0 saturated heterocycles. The molecule has 0 spiro atoms. The van der Waals surface area contributed by atoms with Crippen LogP contribution < -0.4 is 16.0 Å². The van der Waals surface area contributed by atoms with Gasteiger partial charge >= 0.3 is 0 Å². The Hall–Kier alpha value is -3.82. The topological polar surface area (TPSA) is 84.3 Å². The van der Waals surface area contributed by atoms with Crippen molar-refractivity contribution in [3.8, 4) is 5.69 Å². The minimum absolute atomic E-state index is 0.0271. The van der Waals surface area contributed by atoms with E-state index in [1.807, 2.05) is 0 Å². The van der Waals surface area contributed by atoms with Crippen LogP contribution in [0.15, 0.2) is 83.1 Å². The fraction of sp³-hybridized carbons (Fsp3) is 0.0435. The van der Waals surface area contributed by atoms with E-state index in [-0.39, 0.29) is 28.7 Å². The van der Waals surface area contributed by atoms with E-state index in [0.29, 0.717) is 27.1 Å². The normalized spacial score (nSPS) is 10.6. The summed E-state index contributed by atoms with van der Waals surface area (Å²) in [6.45, 7) is 0. The molecule has 2 amide bonds. The first-order valence-corrected chi connectivity index (χ1v) is 10.9. The predicted octanol–water partition coefficient (Wildman–Crippen LogP) is 4.66. The number of amides is 2. The first-order chi connectivity index (χ1) is 15.9. The van der Waals surface area contributed by atoms with E-state index in [2.05, 4.69) is 10.3 Å². The maximum absolute atomic E-state index is 14.6. The van der Waals surface area contributed by atoms with Crippen LogP contribution in [-0.2, 0) is 11.2 Å². The van der Waals surface area contributed by atoms with Crippen LogP contribution in [0, 0.1) is 0 Å². The summed E-state index contributed by atoms with van der Waals surface area (Å²) in [6, 6.07) is 17.0. The molecule has 2 aromatic heterocycles. The van der Waals surface area contributed by atoms with Gasteiger partial charge in [-0.25, -0.2) is 4.98 Å². The molecule has 0 radical (unpaired) electrons. The van der Waals surface area contributed by atoms with Gasteiger partial charge in [0.25, 0.3) is 17.4 Å². The molecule has 1 N–H and O–H groups in total. The standard InChI is InChI=1S/C23H16ClFN4O3S/c24-16-6-4-15(5-7-16)22(32)27-23-26-17(14-33-23)13-21(31)29(25)19-10-8-18(9-11-19)28-12-2-1-3-20(28)30/h1-12,14H,13H2,(H,26,27,32). The molecule has 33 heavy (non-hydrogen) atoms. The quantitative estimate of drug-likeness (QED) is 0.405. The summed E-state index contributed by atoms with van der Waals surface area (Å²) in [7, 11) is 0. The van der Waals surface area contributed by atoms with Gasteiger partial charge in [0.2, 0.25) is 0 Å². The van der Waals surface area contributed by atoms with E-state index in [9.17, 15) is 18.9 Å². The molecule has 2 heterocycles. The molecular formula is C23H16ClFN4O3S. The number of aromatic nitrogens is 2. The van der Waals surface area contributed by atoms with Gasteiger partial charge in [-0.3, -0.25) is 24.3 Å². The summed E-state index contributed by atoms with van der Waals surface area (Å²) in [5, 5.41) is 5.05. The van der Waals surface area contributed by atoms with Crippen LogP contribution in [0.2, 0.25) is 5.02 Å². The summed E-state index contributed by atoms with van der Waals surface area (Å²) in [6.07, 6.45) is 1.31. The number of carbonyl (C=O) groups excluding carboxylic acids is 2. The molecule has 0 aliphatic carbocycles. The summed E-state index contributed by atoms with van der Waals surface area (Å²) in [4.78, 5) is 40.7. The number of anilines is 2. The Bertz CT molecular complexity index is 1350. The maximum Gasteiger partial charge on any atom is 0.261 e. The van der Waals surface area contributed by atoms with Crippen LogP contribution in [0.3, 0.4) is 0 Å². The summed E-state index contributed by atoms with van der Waals surface area (Å²) in [5.74, 6) is -1.19. The number of hydrogen-bond acceptors (Lipinski definition) is 5. The number of thiazole rings is 1. The van der Waals surface area contributed by atoms with Gasteiger partial charge in [0, 0.05) is 33.9 Å². The average Bonchev–Trinajstić information content (AvgIpc) is 3.26. The number of nitrogens with zero attached hydrogens (tertiary/aromatic N) is 3. The highest BCUT2D eigenvalue weighted by Gasteiger charge is 2.18. The number of nitrogens with one attached hydrogen (secondary N) is 1. The van der Waals surface area contributed by atoms with Crippen LogP contribution in [-0.4, -0.2) is 21.4 Å². The molecule has 0 aliphatic rings. The third kappa shape index (κ3) is 5.33. The fourth-order valence-electron chi connectivity index (χ4n) is 2.97. The number of pyridine rings is 1. The van der Waals surface area contributed by atoms with E-state index in [1.54, 1.807) is 60.1 Å². The molecule has 0 saturated carbocycles. The zero-order valence-corrected chi connectivity index (χ0v) is 18.5. The van der Waals surface area contributed by atoms with Gasteiger partial charge in [-0.05, 0) is 54.6 Å². The largest absolute Gasteiger partial charge is 0.298 e. The van der Waals surface area contributed by atoms with Crippen molar-refractivity contribution in [2.45, 2.75) is 6.42 Å². The van der Waals surface area contributed by atoms with Crippen LogP contribution in [0.4, 0.5) is 15.3 Å². The van der Waals surface area contributed by atoms with Gasteiger partial charge in [-0.15, -0.1) is 16.5 Å². The van der Waals surface area contributed by atoms with Gasteiger partial charge in [0.15, 0.2) is 5.13 Å². The number of halogens is 2. The highest BCUT2D eigenvalue weighted by atomic mass is 35.5. The Morgan fingerprint density at radius 3 is 2.48 bits per heavy atom. The highest BCUT2D eigenvalue weighted by molar-refractivity contribution is 7.14. The van der Waals surface area contributed by atoms with Crippen molar-refractivity contribution in [1.82, 2.24) is 9.55 Å². The Balaban J connectivity index is 1.39. The summed E-state index contributed by atoms with van der Waals surface area (Å²) in [5.41, 5.74) is 1.08. The third-order valence-electron chi connectivity index (χ3n) is 4.61. The first-order valence-electron chi connectivity index (χ1n) is 9.69. The SMILES string of the molecule is O=C(Nc1nc(CC(=O)N(F)c2ccc(-n3ccccc3=O)cc2)cs1)c1ccc(Cl)cc1. The fourth-order valence-corrected chi connectivity index (χ4v) is 3.80. The Morgan fingerprint density at radius 1 is 1.06 bits per heavy atom. The molecule has 2 aromatic carbocycles. The minimum atomic E-state index is -0.819. The molecule has 7 nitrogen and oxygen atoms in total. The molecule has 0 aliphatic heterocycles. The van der Waals surface area contributed by atoms with Gasteiger partial charge in [0.1, 0.15) is 0 Å². The van der Waals surface area contributed by atoms with E-state index in [1.165, 1.54) is 22.8 Å². The summed E-state index contributed by atoms with van der Waals surface area (Å²) >= 11 is 6.95. The van der Waals surface area contributed by atoms with Crippen molar-refractivity contribution in [2.75, 3.05) is 10.4 Å². The Morgan fingerprint density at radius 2 is 1.79 bits per heavy atom.